The summed E-state index contributed by atoms with van der Waals surface area (Å²) >= 11 is 0. The van der Waals surface area contributed by atoms with Crippen LogP contribution >= 0.6 is 37.2 Å². The van der Waals surface area contributed by atoms with Crippen LogP contribution in [0.15, 0.2) is 54.6 Å². The lowest BCUT2D eigenvalue weighted by Crippen LogP contribution is -2.51. The van der Waals surface area contributed by atoms with E-state index in [-0.39, 0.29) is 49.4 Å². The van der Waals surface area contributed by atoms with Crippen molar-refractivity contribution in [2.75, 3.05) is 52.3 Å². The summed E-state index contributed by atoms with van der Waals surface area (Å²) in [6.45, 7) is 2.66. The van der Waals surface area contributed by atoms with Crippen LogP contribution in [0, 0.1) is 0 Å². The summed E-state index contributed by atoms with van der Waals surface area (Å²) in [6.07, 6.45) is -0.995. The molecule has 2 aromatic rings. The molecule has 0 N–H and O–H groups in total. The first kappa shape index (κ1) is 30.4. The number of alkyl halides is 1. The molecule has 2 atom stereocenters. The molecule has 1 fully saturated rings. The average molecular weight is 509 g/mol. The number of carbonyl (C=O) groups excluding carboxylic acids is 1. The number of methoxy groups -OCH3 is 1. The van der Waals surface area contributed by atoms with Gasteiger partial charge in [0.25, 0.3) is 0 Å². The SMILES string of the molecule is COc1ccccc1N1CCN(C(F)CC(C(=O)c2ccccc2)N(C)C)CC1.Cl.Cl.Cl. The fourth-order valence-electron chi connectivity index (χ4n) is 3.81. The van der Waals surface area contributed by atoms with Crippen molar-refractivity contribution in [1.29, 1.82) is 0 Å². The van der Waals surface area contributed by atoms with Crippen molar-refractivity contribution < 1.29 is 13.9 Å². The van der Waals surface area contributed by atoms with Crippen molar-refractivity contribution in [3.63, 3.8) is 0 Å². The number of Topliss-reactive ketones (excluding diaryl/α,β-unsaturated/α-hetero) is 1. The summed E-state index contributed by atoms with van der Waals surface area (Å²) in [6, 6.07) is 16.5. The maximum absolute atomic E-state index is 15.2. The van der Waals surface area contributed by atoms with E-state index in [2.05, 4.69) is 4.90 Å². The molecule has 0 bridgehead atoms. The van der Waals surface area contributed by atoms with Gasteiger partial charge in [-0.2, -0.15) is 0 Å². The molecule has 0 aromatic heterocycles. The van der Waals surface area contributed by atoms with Crippen LogP contribution in [0.1, 0.15) is 16.8 Å². The third-order valence-electron chi connectivity index (χ3n) is 5.54. The smallest absolute Gasteiger partial charge is 0.180 e. The number of hydrogen-bond donors (Lipinski definition) is 0. The number of likely N-dealkylation sites (N-methyl/N-ethyl adjacent to an activating group) is 1. The molecule has 0 radical (unpaired) electrons. The molecular weight excluding hydrogens is 476 g/mol. The van der Waals surface area contributed by atoms with Crippen LogP contribution in [0.2, 0.25) is 0 Å². The summed E-state index contributed by atoms with van der Waals surface area (Å²) in [7, 11) is 5.33. The third kappa shape index (κ3) is 7.49. The van der Waals surface area contributed by atoms with E-state index in [1.54, 1.807) is 19.2 Å². The lowest BCUT2D eigenvalue weighted by Gasteiger charge is -2.39. The maximum atomic E-state index is 15.2. The Bertz CT molecular complexity index is 806. The highest BCUT2D eigenvalue weighted by molar-refractivity contribution is 6.00. The number of halogens is 4. The van der Waals surface area contributed by atoms with Crippen LogP contribution in [0.4, 0.5) is 10.1 Å². The molecule has 1 aliphatic rings. The van der Waals surface area contributed by atoms with E-state index in [0.717, 1.165) is 24.5 Å². The number of anilines is 1. The van der Waals surface area contributed by atoms with Gasteiger partial charge in [0.05, 0.1) is 18.8 Å². The van der Waals surface area contributed by atoms with Gasteiger partial charge in [0.2, 0.25) is 0 Å². The summed E-state index contributed by atoms with van der Waals surface area (Å²) in [5.74, 6) is 0.796. The molecule has 180 valence electrons. The molecule has 3 rings (SSSR count). The summed E-state index contributed by atoms with van der Waals surface area (Å²) in [5.41, 5.74) is 1.66. The van der Waals surface area contributed by atoms with E-state index in [1.807, 2.05) is 66.4 Å². The average Bonchev–Trinajstić information content (AvgIpc) is 2.77. The Morgan fingerprint density at radius 2 is 1.53 bits per heavy atom. The quantitative estimate of drug-likeness (QED) is 0.385. The number of benzene rings is 2. The van der Waals surface area contributed by atoms with Gasteiger partial charge < -0.3 is 9.64 Å². The molecule has 2 unspecified atom stereocenters. The van der Waals surface area contributed by atoms with Crippen LogP contribution < -0.4 is 9.64 Å². The van der Waals surface area contributed by atoms with Gasteiger partial charge in [0, 0.05) is 38.2 Å². The van der Waals surface area contributed by atoms with Gasteiger partial charge in [-0.1, -0.05) is 42.5 Å². The van der Waals surface area contributed by atoms with Gasteiger partial charge in [-0.25, -0.2) is 4.39 Å². The van der Waals surface area contributed by atoms with E-state index in [4.69, 9.17) is 4.74 Å². The second kappa shape index (κ2) is 14.6. The number of ketones is 1. The highest BCUT2D eigenvalue weighted by Gasteiger charge is 2.31. The van der Waals surface area contributed by atoms with Crippen LogP contribution in [0.5, 0.6) is 5.75 Å². The van der Waals surface area contributed by atoms with Crippen LogP contribution in [0.25, 0.3) is 0 Å². The minimum atomic E-state index is -1.16. The molecule has 1 saturated heterocycles. The number of carbonyl (C=O) groups is 1. The Balaban J connectivity index is 0.00000320. The lowest BCUT2D eigenvalue weighted by molar-refractivity contribution is 0.0435. The highest BCUT2D eigenvalue weighted by atomic mass is 35.5. The highest BCUT2D eigenvalue weighted by Crippen LogP contribution is 2.29. The van der Waals surface area contributed by atoms with Gasteiger partial charge in [-0.3, -0.25) is 14.6 Å². The zero-order chi connectivity index (χ0) is 20.8. The van der Waals surface area contributed by atoms with Gasteiger partial charge in [0.15, 0.2) is 12.1 Å². The number of ether oxygens (including phenoxy) is 1. The van der Waals surface area contributed by atoms with E-state index in [0.29, 0.717) is 18.7 Å². The molecule has 1 aliphatic heterocycles. The number of piperazine rings is 1. The molecule has 9 heteroatoms. The zero-order valence-electron chi connectivity index (χ0n) is 18.6. The van der Waals surface area contributed by atoms with Gasteiger partial charge >= 0.3 is 0 Å². The van der Waals surface area contributed by atoms with Gasteiger partial charge in [-0.05, 0) is 26.2 Å². The van der Waals surface area contributed by atoms with Crippen molar-refractivity contribution in [3.8, 4) is 5.75 Å². The van der Waals surface area contributed by atoms with Crippen molar-refractivity contribution in [2.24, 2.45) is 0 Å². The molecular formula is C23H33Cl3FN3O2. The largest absolute Gasteiger partial charge is 0.495 e. The van der Waals surface area contributed by atoms with Crippen molar-refractivity contribution >= 4 is 48.7 Å². The fourth-order valence-corrected chi connectivity index (χ4v) is 3.81. The molecule has 2 aromatic carbocycles. The number of rotatable bonds is 8. The Morgan fingerprint density at radius 3 is 2.09 bits per heavy atom. The fraction of sp³-hybridized carbons (Fsp3) is 0.435. The Morgan fingerprint density at radius 1 is 0.969 bits per heavy atom. The van der Waals surface area contributed by atoms with Crippen molar-refractivity contribution in [1.82, 2.24) is 9.80 Å². The predicted octanol–water partition coefficient (Wildman–Crippen LogP) is 4.58. The predicted molar refractivity (Wildman–Crippen MR) is 136 cm³/mol. The first-order valence-electron chi connectivity index (χ1n) is 10.0. The van der Waals surface area contributed by atoms with Crippen LogP contribution in [0.3, 0.4) is 0 Å². The molecule has 0 saturated carbocycles. The van der Waals surface area contributed by atoms with Gasteiger partial charge in [-0.15, -0.1) is 37.2 Å². The molecule has 1 heterocycles. The Labute approximate surface area is 209 Å². The first-order valence-corrected chi connectivity index (χ1v) is 10.0. The zero-order valence-corrected chi connectivity index (χ0v) is 21.1. The Kier molecular flexibility index (Phi) is 13.8. The summed E-state index contributed by atoms with van der Waals surface area (Å²) in [5, 5.41) is 0. The molecule has 0 aliphatic carbocycles. The summed E-state index contributed by atoms with van der Waals surface area (Å²) < 4.78 is 20.6. The topological polar surface area (TPSA) is 36.0 Å². The molecule has 0 spiro atoms. The molecule has 0 amide bonds. The van der Waals surface area contributed by atoms with Crippen LogP contribution in [-0.4, -0.2) is 75.3 Å². The van der Waals surface area contributed by atoms with Crippen LogP contribution in [-0.2, 0) is 0 Å². The summed E-state index contributed by atoms with van der Waals surface area (Å²) in [4.78, 5) is 18.7. The minimum absolute atomic E-state index is 0. The standard InChI is InChI=1S/C23H30FN3O2.3ClH/c1-25(2)20(23(28)18-9-5-4-6-10-18)17-22(24)27-15-13-26(14-16-27)19-11-7-8-12-21(19)29-3;;;/h4-12,20,22H,13-17H2,1-3H3;3*1H. The third-order valence-corrected chi connectivity index (χ3v) is 5.54. The second-order valence-corrected chi connectivity index (χ2v) is 7.57. The van der Waals surface area contributed by atoms with Crippen molar-refractivity contribution in [3.05, 3.63) is 60.2 Å². The lowest BCUT2D eigenvalue weighted by atomic mass is 10.00. The second-order valence-electron chi connectivity index (χ2n) is 7.57. The Hall–Kier alpha value is -1.57. The minimum Gasteiger partial charge on any atom is -0.495 e. The normalized spacial score (nSPS) is 15.6. The number of para-hydroxylation sites is 2. The van der Waals surface area contributed by atoms with Crippen molar-refractivity contribution in [2.45, 2.75) is 18.8 Å². The van der Waals surface area contributed by atoms with E-state index < -0.39 is 12.3 Å². The molecule has 32 heavy (non-hydrogen) atoms. The monoisotopic (exact) mass is 507 g/mol. The van der Waals surface area contributed by atoms with E-state index in [1.165, 1.54) is 0 Å². The molecule has 5 nitrogen and oxygen atoms in total. The van der Waals surface area contributed by atoms with E-state index >= 15 is 4.39 Å². The van der Waals surface area contributed by atoms with Gasteiger partial charge in [0.1, 0.15) is 5.75 Å². The number of nitrogens with zero attached hydrogens (tertiary/aromatic N) is 3. The first-order chi connectivity index (χ1) is 14.0. The number of hydrogen-bond acceptors (Lipinski definition) is 5. The maximum Gasteiger partial charge on any atom is 0.180 e. The van der Waals surface area contributed by atoms with E-state index in [9.17, 15) is 4.79 Å².